The van der Waals surface area contributed by atoms with Crippen molar-refractivity contribution in [2.45, 2.75) is 33.2 Å². The van der Waals surface area contributed by atoms with E-state index in [1.54, 1.807) is 33.2 Å². The minimum absolute atomic E-state index is 0.425. The molecule has 0 radical (unpaired) electrons. The molecule has 0 saturated carbocycles. The van der Waals surface area contributed by atoms with Crippen molar-refractivity contribution in [3.63, 3.8) is 0 Å². The van der Waals surface area contributed by atoms with Gasteiger partial charge in [-0.3, -0.25) is 4.98 Å². The topological polar surface area (TPSA) is 91.3 Å². The number of nitrogens with one attached hydrogen (secondary N) is 2. The number of carboxylic acid groups (broad SMARTS) is 1. The second-order valence-electron chi connectivity index (χ2n) is 5.65. The number of hydrogen-bond acceptors (Lipinski definition) is 3. The average Bonchev–Trinajstić information content (AvgIpc) is 2.35. The van der Waals surface area contributed by atoms with Crippen molar-refractivity contribution in [1.29, 1.82) is 0 Å². The number of carbonyl (C=O) groups is 2. The van der Waals surface area contributed by atoms with Crippen molar-refractivity contribution in [2.75, 3.05) is 6.54 Å². The summed E-state index contributed by atoms with van der Waals surface area (Å²) in [7, 11) is 0. The standard InChI is InChI=1S/C14H21N3O3/c1-14(2,3)11(12(18)19)17-13(20)16-8-6-10-5-4-7-15-9-10/h4-5,7,9,11H,6,8H2,1-3H3,(H,18,19)(H2,16,17,20)/t11-/m1/s1. The van der Waals surface area contributed by atoms with Gasteiger partial charge < -0.3 is 15.7 Å². The normalized spacial score (nSPS) is 12.6. The molecule has 0 spiro atoms. The Morgan fingerprint density at radius 1 is 1.40 bits per heavy atom. The molecule has 1 aromatic rings. The molecule has 20 heavy (non-hydrogen) atoms. The van der Waals surface area contributed by atoms with Crippen LogP contribution in [0.2, 0.25) is 0 Å². The third-order valence-electron chi connectivity index (χ3n) is 2.81. The number of nitrogens with zero attached hydrogens (tertiary/aromatic N) is 1. The number of rotatable bonds is 5. The lowest BCUT2D eigenvalue weighted by Crippen LogP contribution is -2.52. The van der Waals surface area contributed by atoms with Gasteiger partial charge in [0.25, 0.3) is 0 Å². The number of pyridine rings is 1. The fourth-order valence-electron chi connectivity index (χ4n) is 1.70. The Balaban J connectivity index is 2.41. The van der Waals surface area contributed by atoms with Gasteiger partial charge in [0.2, 0.25) is 0 Å². The Bertz CT molecular complexity index is 454. The monoisotopic (exact) mass is 279 g/mol. The van der Waals surface area contributed by atoms with E-state index in [9.17, 15) is 9.59 Å². The lowest BCUT2D eigenvalue weighted by Gasteiger charge is -2.27. The molecule has 0 unspecified atom stereocenters. The number of carboxylic acids is 1. The second kappa shape index (κ2) is 6.88. The largest absolute Gasteiger partial charge is 0.480 e. The summed E-state index contributed by atoms with van der Waals surface area (Å²) in [6.07, 6.45) is 4.06. The Morgan fingerprint density at radius 3 is 2.60 bits per heavy atom. The summed E-state index contributed by atoms with van der Waals surface area (Å²) in [6.45, 7) is 5.72. The van der Waals surface area contributed by atoms with Crippen LogP contribution in [0.1, 0.15) is 26.3 Å². The lowest BCUT2D eigenvalue weighted by molar-refractivity contribution is -0.141. The van der Waals surface area contributed by atoms with Gasteiger partial charge in [-0.25, -0.2) is 9.59 Å². The van der Waals surface area contributed by atoms with Crippen LogP contribution in [-0.4, -0.2) is 34.7 Å². The highest BCUT2D eigenvalue weighted by Crippen LogP contribution is 2.19. The van der Waals surface area contributed by atoms with Crippen LogP contribution in [0.15, 0.2) is 24.5 Å². The van der Waals surface area contributed by atoms with Crippen LogP contribution >= 0.6 is 0 Å². The predicted molar refractivity (Wildman–Crippen MR) is 75.4 cm³/mol. The maximum Gasteiger partial charge on any atom is 0.326 e. The van der Waals surface area contributed by atoms with E-state index in [0.717, 1.165) is 5.56 Å². The SMILES string of the molecule is CC(C)(C)[C@H](NC(=O)NCCc1cccnc1)C(=O)O. The van der Waals surface area contributed by atoms with Crippen molar-refractivity contribution in [1.82, 2.24) is 15.6 Å². The summed E-state index contributed by atoms with van der Waals surface area (Å²) in [5.41, 5.74) is 0.463. The summed E-state index contributed by atoms with van der Waals surface area (Å²) in [5.74, 6) is -1.04. The van der Waals surface area contributed by atoms with Crippen LogP contribution in [0.4, 0.5) is 4.79 Å². The number of aromatic nitrogens is 1. The van der Waals surface area contributed by atoms with Crippen molar-refractivity contribution in [2.24, 2.45) is 5.41 Å². The molecule has 0 saturated heterocycles. The molecule has 0 aliphatic rings. The zero-order chi connectivity index (χ0) is 15.2. The minimum Gasteiger partial charge on any atom is -0.480 e. The maximum absolute atomic E-state index is 11.7. The first-order valence-corrected chi connectivity index (χ1v) is 6.47. The van der Waals surface area contributed by atoms with E-state index in [1.165, 1.54) is 0 Å². The van der Waals surface area contributed by atoms with E-state index >= 15 is 0 Å². The van der Waals surface area contributed by atoms with Crippen LogP contribution in [0, 0.1) is 5.41 Å². The predicted octanol–water partition coefficient (Wildman–Crippen LogP) is 1.42. The van der Waals surface area contributed by atoms with Crippen molar-refractivity contribution in [3.8, 4) is 0 Å². The Hall–Kier alpha value is -2.11. The van der Waals surface area contributed by atoms with Gasteiger partial charge in [-0.1, -0.05) is 26.8 Å². The molecule has 0 aliphatic carbocycles. The molecule has 2 amide bonds. The van der Waals surface area contributed by atoms with Crippen LogP contribution in [-0.2, 0) is 11.2 Å². The Morgan fingerprint density at radius 2 is 2.10 bits per heavy atom. The Labute approximate surface area is 118 Å². The van der Waals surface area contributed by atoms with Crippen LogP contribution in [0.5, 0.6) is 0 Å². The summed E-state index contributed by atoms with van der Waals surface area (Å²) in [4.78, 5) is 26.8. The highest BCUT2D eigenvalue weighted by Gasteiger charge is 2.32. The van der Waals surface area contributed by atoms with Gasteiger partial charge in [-0.2, -0.15) is 0 Å². The lowest BCUT2D eigenvalue weighted by atomic mass is 9.87. The average molecular weight is 279 g/mol. The molecule has 3 N–H and O–H groups in total. The molecule has 6 heteroatoms. The molecular weight excluding hydrogens is 258 g/mol. The molecule has 0 bridgehead atoms. The molecule has 0 aliphatic heterocycles. The van der Waals surface area contributed by atoms with Crippen LogP contribution < -0.4 is 10.6 Å². The molecule has 1 atom stereocenters. The number of urea groups is 1. The van der Waals surface area contributed by atoms with Crippen LogP contribution in [0.3, 0.4) is 0 Å². The molecule has 1 rings (SSSR count). The summed E-state index contributed by atoms with van der Waals surface area (Å²) in [6, 6.07) is 2.34. The second-order valence-corrected chi connectivity index (χ2v) is 5.65. The molecule has 110 valence electrons. The number of carbonyl (C=O) groups excluding carboxylic acids is 1. The first kappa shape index (κ1) is 15.9. The van der Waals surface area contributed by atoms with E-state index in [4.69, 9.17) is 5.11 Å². The third-order valence-corrected chi connectivity index (χ3v) is 2.81. The first-order chi connectivity index (χ1) is 9.30. The summed E-state index contributed by atoms with van der Waals surface area (Å²) < 4.78 is 0. The van der Waals surface area contributed by atoms with E-state index in [2.05, 4.69) is 15.6 Å². The highest BCUT2D eigenvalue weighted by atomic mass is 16.4. The van der Waals surface area contributed by atoms with Crippen molar-refractivity contribution in [3.05, 3.63) is 30.1 Å². The number of amides is 2. The van der Waals surface area contributed by atoms with Gasteiger partial charge in [-0.15, -0.1) is 0 Å². The zero-order valence-corrected chi connectivity index (χ0v) is 12.0. The first-order valence-electron chi connectivity index (χ1n) is 6.47. The highest BCUT2D eigenvalue weighted by molar-refractivity contribution is 5.83. The fraction of sp³-hybridized carbons (Fsp3) is 0.500. The van der Waals surface area contributed by atoms with Gasteiger partial charge in [0.1, 0.15) is 6.04 Å². The van der Waals surface area contributed by atoms with Gasteiger partial charge in [0, 0.05) is 18.9 Å². The van der Waals surface area contributed by atoms with Gasteiger partial charge in [0.15, 0.2) is 0 Å². The Kier molecular flexibility index (Phi) is 5.49. The number of hydrogen-bond donors (Lipinski definition) is 3. The maximum atomic E-state index is 11.7. The summed E-state index contributed by atoms with van der Waals surface area (Å²) >= 11 is 0. The quantitative estimate of drug-likeness (QED) is 0.760. The molecule has 6 nitrogen and oxygen atoms in total. The van der Waals surface area contributed by atoms with Crippen molar-refractivity contribution < 1.29 is 14.7 Å². The smallest absolute Gasteiger partial charge is 0.326 e. The molecular formula is C14H21N3O3. The zero-order valence-electron chi connectivity index (χ0n) is 12.0. The van der Waals surface area contributed by atoms with Gasteiger partial charge in [-0.05, 0) is 23.5 Å². The van der Waals surface area contributed by atoms with E-state index in [0.29, 0.717) is 13.0 Å². The summed E-state index contributed by atoms with van der Waals surface area (Å²) in [5, 5.41) is 14.2. The van der Waals surface area contributed by atoms with Gasteiger partial charge >= 0.3 is 12.0 Å². The molecule has 1 heterocycles. The van der Waals surface area contributed by atoms with Gasteiger partial charge in [0.05, 0.1) is 0 Å². The van der Waals surface area contributed by atoms with E-state index in [-0.39, 0.29) is 0 Å². The minimum atomic E-state index is -1.04. The molecule has 0 fully saturated rings. The van der Waals surface area contributed by atoms with E-state index in [1.807, 2.05) is 12.1 Å². The fourth-order valence-corrected chi connectivity index (χ4v) is 1.70. The molecule has 0 aromatic carbocycles. The van der Waals surface area contributed by atoms with Crippen LogP contribution in [0.25, 0.3) is 0 Å². The van der Waals surface area contributed by atoms with E-state index < -0.39 is 23.5 Å². The van der Waals surface area contributed by atoms with Crippen molar-refractivity contribution >= 4 is 12.0 Å². The molecule has 1 aromatic heterocycles. The third kappa shape index (κ3) is 5.26. The number of aliphatic carboxylic acids is 1.